The number of benzene rings is 1. The highest BCUT2D eigenvalue weighted by Crippen LogP contribution is 2.33. The Hall–Kier alpha value is -2.21. The van der Waals surface area contributed by atoms with E-state index in [1.54, 1.807) is 29.5 Å². The fourth-order valence-corrected chi connectivity index (χ4v) is 3.69. The smallest absolute Gasteiger partial charge is 0.273 e. The molecule has 0 spiro atoms. The third kappa shape index (κ3) is 2.87. The minimum absolute atomic E-state index is 0.0159. The van der Waals surface area contributed by atoms with Crippen LogP contribution in [0.4, 0.5) is 5.69 Å². The summed E-state index contributed by atoms with van der Waals surface area (Å²) in [6, 6.07) is 8.62. The van der Waals surface area contributed by atoms with Gasteiger partial charge in [-0.3, -0.25) is 14.9 Å². The largest absolute Gasteiger partial charge is 0.335 e. The molecule has 1 aromatic carbocycles. The Bertz CT molecular complexity index is 684. The summed E-state index contributed by atoms with van der Waals surface area (Å²) < 4.78 is 0. The number of carbonyl (C=O) groups excluding carboxylic acids is 1. The predicted octanol–water partition coefficient (Wildman–Crippen LogP) is 3.56. The van der Waals surface area contributed by atoms with Gasteiger partial charge in [-0.1, -0.05) is 18.2 Å². The number of hydrogen-bond acceptors (Lipinski definition) is 4. The van der Waals surface area contributed by atoms with Crippen molar-refractivity contribution in [3.8, 4) is 0 Å². The summed E-state index contributed by atoms with van der Waals surface area (Å²) in [5.41, 5.74) is 1.66. The van der Waals surface area contributed by atoms with Crippen LogP contribution in [0.2, 0.25) is 0 Å². The van der Waals surface area contributed by atoms with Crippen molar-refractivity contribution in [2.75, 3.05) is 6.54 Å². The summed E-state index contributed by atoms with van der Waals surface area (Å²) in [4.78, 5) is 25.1. The standard InChI is InChI=1S/C16H16N2O3S/c19-16(10-12-4-1-2-5-15(12)18(20)21)17-8-3-6-14(17)13-7-9-22-11-13/h1-2,4-5,7,9,11,14H,3,6,8,10H2/t14-/m1/s1. The van der Waals surface area contributed by atoms with Crippen LogP contribution in [0.25, 0.3) is 0 Å². The van der Waals surface area contributed by atoms with Gasteiger partial charge in [-0.2, -0.15) is 11.3 Å². The van der Waals surface area contributed by atoms with Crippen molar-refractivity contribution >= 4 is 22.9 Å². The van der Waals surface area contributed by atoms with Crippen LogP contribution in [0.3, 0.4) is 0 Å². The van der Waals surface area contributed by atoms with E-state index in [1.807, 2.05) is 16.3 Å². The number of nitro groups is 1. The Morgan fingerprint density at radius 1 is 1.36 bits per heavy atom. The lowest BCUT2D eigenvalue weighted by molar-refractivity contribution is -0.385. The molecule has 5 nitrogen and oxygen atoms in total. The fourth-order valence-electron chi connectivity index (χ4n) is 2.98. The van der Waals surface area contributed by atoms with E-state index < -0.39 is 4.92 Å². The number of nitro benzene ring substituents is 1. The van der Waals surface area contributed by atoms with E-state index in [-0.39, 0.29) is 24.1 Å². The summed E-state index contributed by atoms with van der Waals surface area (Å²) in [5.74, 6) is -0.0389. The van der Waals surface area contributed by atoms with Gasteiger partial charge < -0.3 is 4.90 Å². The zero-order valence-corrected chi connectivity index (χ0v) is 12.8. The Labute approximate surface area is 132 Å². The molecule has 0 unspecified atom stereocenters. The van der Waals surface area contributed by atoms with Crippen LogP contribution in [0, 0.1) is 10.1 Å². The Morgan fingerprint density at radius 2 is 2.18 bits per heavy atom. The molecule has 22 heavy (non-hydrogen) atoms. The number of hydrogen-bond donors (Lipinski definition) is 0. The molecule has 0 bridgehead atoms. The van der Waals surface area contributed by atoms with Crippen LogP contribution in [0.5, 0.6) is 0 Å². The summed E-state index contributed by atoms with van der Waals surface area (Å²) >= 11 is 1.62. The van der Waals surface area contributed by atoms with Crippen LogP contribution >= 0.6 is 11.3 Å². The SMILES string of the molecule is O=C(Cc1ccccc1[N+](=O)[O-])N1CCC[C@@H]1c1ccsc1. The molecule has 0 radical (unpaired) electrons. The zero-order valence-electron chi connectivity index (χ0n) is 12.0. The van der Waals surface area contributed by atoms with Crippen molar-refractivity contribution in [1.29, 1.82) is 0 Å². The first-order valence-electron chi connectivity index (χ1n) is 7.20. The number of thiophene rings is 1. The second-order valence-electron chi connectivity index (χ2n) is 5.36. The number of nitrogens with zero attached hydrogens (tertiary/aromatic N) is 2. The number of carbonyl (C=O) groups is 1. The maximum Gasteiger partial charge on any atom is 0.273 e. The van der Waals surface area contributed by atoms with Crippen molar-refractivity contribution in [3.63, 3.8) is 0 Å². The molecular formula is C16H16N2O3S. The molecule has 114 valence electrons. The van der Waals surface area contributed by atoms with E-state index in [4.69, 9.17) is 0 Å². The maximum absolute atomic E-state index is 12.6. The second-order valence-corrected chi connectivity index (χ2v) is 6.14. The third-order valence-electron chi connectivity index (χ3n) is 4.03. The number of likely N-dealkylation sites (tertiary alicyclic amines) is 1. The molecule has 2 aromatic rings. The molecule has 1 aromatic heterocycles. The van der Waals surface area contributed by atoms with Crippen molar-refractivity contribution in [2.45, 2.75) is 25.3 Å². The highest BCUT2D eigenvalue weighted by Gasteiger charge is 2.31. The minimum atomic E-state index is -0.428. The Kier molecular flexibility index (Phi) is 4.20. The summed E-state index contributed by atoms with van der Waals surface area (Å²) in [7, 11) is 0. The van der Waals surface area contributed by atoms with Crippen LogP contribution in [-0.4, -0.2) is 22.3 Å². The quantitative estimate of drug-likeness (QED) is 0.640. The van der Waals surface area contributed by atoms with Gasteiger partial charge in [0.15, 0.2) is 0 Å². The van der Waals surface area contributed by atoms with E-state index in [2.05, 4.69) is 5.38 Å². The number of amides is 1. The van der Waals surface area contributed by atoms with Crippen molar-refractivity contribution in [3.05, 3.63) is 62.3 Å². The molecule has 1 fully saturated rings. The first kappa shape index (κ1) is 14.7. The van der Waals surface area contributed by atoms with E-state index in [1.165, 1.54) is 11.6 Å². The molecule has 1 amide bonds. The number of para-hydroxylation sites is 1. The fraction of sp³-hybridized carbons (Fsp3) is 0.312. The number of rotatable bonds is 4. The Morgan fingerprint density at radius 3 is 2.91 bits per heavy atom. The molecule has 0 saturated carbocycles. The third-order valence-corrected chi connectivity index (χ3v) is 4.73. The molecule has 1 saturated heterocycles. The first-order valence-corrected chi connectivity index (χ1v) is 8.15. The summed E-state index contributed by atoms with van der Waals surface area (Å²) in [6.45, 7) is 0.722. The van der Waals surface area contributed by atoms with Crippen LogP contribution in [0.15, 0.2) is 41.1 Å². The van der Waals surface area contributed by atoms with Crippen molar-refractivity contribution in [2.24, 2.45) is 0 Å². The Balaban J connectivity index is 1.79. The molecule has 1 aliphatic heterocycles. The molecule has 0 aliphatic carbocycles. The van der Waals surface area contributed by atoms with Gasteiger partial charge in [0.25, 0.3) is 5.69 Å². The van der Waals surface area contributed by atoms with Crippen molar-refractivity contribution in [1.82, 2.24) is 4.90 Å². The highest BCUT2D eigenvalue weighted by molar-refractivity contribution is 7.07. The van der Waals surface area contributed by atoms with Gasteiger partial charge in [-0.15, -0.1) is 0 Å². The average Bonchev–Trinajstić information content (AvgIpc) is 3.18. The lowest BCUT2D eigenvalue weighted by Crippen LogP contribution is -2.31. The second kappa shape index (κ2) is 6.27. The van der Waals surface area contributed by atoms with Gasteiger partial charge in [0.05, 0.1) is 17.4 Å². The summed E-state index contributed by atoms with van der Waals surface area (Å²) in [5, 5.41) is 15.1. The van der Waals surface area contributed by atoms with E-state index in [9.17, 15) is 14.9 Å². The van der Waals surface area contributed by atoms with Gasteiger partial charge in [-0.25, -0.2) is 0 Å². The monoisotopic (exact) mass is 316 g/mol. The molecule has 0 N–H and O–H groups in total. The normalized spacial score (nSPS) is 17.6. The first-order chi connectivity index (χ1) is 10.7. The van der Waals surface area contributed by atoms with Gasteiger partial charge in [0.2, 0.25) is 5.91 Å². The zero-order chi connectivity index (χ0) is 15.5. The molecule has 2 heterocycles. The van der Waals surface area contributed by atoms with Crippen LogP contribution < -0.4 is 0 Å². The van der Waals surface area contributed by atoms with Crippen LogP contribution in [-0.2, 0) is 11.2 Å². The topological polar surface area (TPSA) is 63.4 Å². The van der Waals surface area contributed by atoms with E-state index >= 15 is 0 Å². The lowest BCUT2D eigenvalue weighted by Gasteiger charge is -2.24. The average molecular weight is 316 g/mol. The maximum atomic E-state index is 12.6. The van der Waals surface area contributed by atoms with Gasteiger partial charge in [0.1, 0.15) is 0 Å². The van der Waals surface area contributed by atoms with Gasteiger partial charge in [-0.05, 0) is 35.2 Å². The molecule has 3 rings (SSSR count). The van der Waals surface area contributed by atoms with Crippen molar-refractivity contribution < 1.29 is 9.72 Å². The molecule has 6 heteroatoms. The predicted molar refractivity (Wildman–Crippen MR) is 84.8 cm³/mol. The lowest BCUT2D eigenvalue weighted by atomic mass is 10.1. The molecule has 1 atom stereocenters. The van der Waals surface area contributed by atoms with E-state index in [0.717, 1.165) is 19.4 Å². The molecule has 1 aliphatic rings. The van der Waals surface area contributed by atoms with Crippen LogP contribution in [0.1, 0.15) is 30.0 Å². The minimum Gasteiger partial charge on any atom is -0.335 e. The van der Waals surface area contributed by atoms with Gasteiger partial charge in [0, 0.05) is 18.2 Å². The molecular weight excluding hydrogens is 300 g/mol. The highest BCUT2D eigenvalue weighted by atomic mass is 32.1. The van der Waals surface area contributed by atoms with Gasteiger partial charge >= 0.3 is 0 Å². The van der Waals surface area contributed by atoms with E-state index in [0.29, 0.717) is 5.56 Å². The summed E-state index contributed by atoms with van der Waals surface area (Å²) in [6.07, 6.45) is 2.01.